The summed E-state index contributed by atoms with van der Waals surface area (Å²) in [5.74, 6) is -1.83. The van der Waals surface area contributed by atoms with Crippen LogP contribution in [0.3, 0.4) is 0 Å². The van der Waals surface area contributed by atoms with Crippen LogP contribution in [0.25, 0.3) is 0 Å². The molecule has 0 aromatic heterocycles. The summed E-state index contributed by atoms with van der Waals surface area (Å²) in [7, 11) is -0.608. The monoisotopic (exact) mass is 226 g/mol. The third-order valence-corrected chi connectivity index (χ3v) is 2.36. The third-order valence-electron chi connectivity index (χ3n) is 2.36. The Morgan fingerprint density at radius 3 is 2.56 bits per heavy atom. The third kappa shape index (κ3) is 2.59. The van der Waals surface area contributed by atoms with Crippen LogP contribution in [-0.4, -0.2) is 30.2 Å². The number of halogens is 1. The van der Waals surface area contributed by atoms with Crippen LogP contribution in [0.2, 0.25) is 0 Å². The number of carbonyl (C=O) groups is 1. The largest absolute Gasteiger partial charge is 0.491 e. The van der Waals surface area contributed by atoms with E-state index < -0.39 is 24.8 Å². The van der Waals surface area contributed by atoms with E-state index in [9.17, 15) is 9.18 Å². The second-order valence-corrected chi connectivity index (χ2v) is 3.40. The first-order valence-corrected chi connectivity index (χ1v) is 4.70. The Balaban J connectivity index is 3.01. The lowest BCUT2D eigenvalue weighted by Crippen LogP contribution is -2.33. The highest BCUT2D eigenvalue weighted by molar-refractivity contribution is 6.58. The van der Waals surface area contributed by atoms with Crippen molar-refractivity contribution in [3.63, 3.8) is 0 Å². The number of methoxy groups -OCH3 is 1. The first-order valence-electron chi connectivity index (χ1n) is 4.70. The van der Waals surface area contributed by atoms with E-state index in [4.69, 9.17) is 10.0 Å². The Kier molecular flexibility index (Phi) is 4.03. The van der Waals surface area contributed by atoms with E-state index in [1.54, 1.807) is 6.92 Å². The van der Waals surface area contributed by atoms with Gasteiger partial charge in [-0.3, -0.25) is 4.79 Å². The summed E-state index contributed by atoms with van der Waals surface area (Å²) in [6.45, 7) is 1.58. The maximum Gasteiger partial charge on any atom is 0.491 e. The van der Waals surface area contributed by atoms with Crippen molar-refractivity contribution < 1.29 is 24.0 Å². The predicted octanol–water partition coefficient (Wildman–Crippen LogP) is -0.218. The van der Waals surface area contributed by atoms with Gasteiger partial charge in [0, 0.05) is 5.46 Å². The highest BCUT2D eigenvalue weighted by Crippen LogP contribution is 2.16. The van der Waals surface area contributed by atoms with Crippen LogP contribution in [0.1, 0.15) is 18.4 Å². The summed E-state index contributed by atoms with van der Waals surface area (Å²) in [5, 5.41) is 17.6. The quantitative estimate of drug-likeness (QED) is 0.552. The lowest BCUT2D eigenvalue weighted by Gasteiger charge is -2.10. The van der Waals surface area contributed by atoms with Crippen LogP contribution in [0.15, 0.2) is 18.2 Å². The average molecular weight is 226 g/mol. The van der Waals surface area contributed by atoms with Gasteiger partial charge in [0.05, 0.1) is 13.0 Å². The van der Waals surface area contributed by atoms with Gasteiger partial charge in [0.2, 0.25) is 0 Å². The molecular formula is C10H12BFO4. The minimum Gasteiger partial charge on any atom is -0.469 e. The Bertz CT molecular complexity index is 394. The fourth-order valence-electron chi connectivity index (χ4n) is 1.33. The molecule has 0 amide bonds. The van der Waals surface area contributed by atoms with Crippen molar-refractivity contribution in [1.82, 2.24) is 0 Å². The van der Waals surface area contributed by atoms with Crippen LogP contribution >= 0.6 is 0 Å². The molecule has 1 unspecified atom stereocenters. The molecule has 1 aromatic carbocycles. The molecule has 0 saturated carbocycles. The van der Waals surface area contributed by atoms with Gasteiger partial charge in [0.1, 0.15) is 5.82 Å². The van der Waals surface area contributed by atoms with E-state index in [0.717, 1.165) is 6.07 Å². The first-order chi connectivity index (χ1) is 7.47. The number of hydrogen-bond acceptors (Lipinski definition) is 4. The van der Waals surface area contributed by atoms with Crippen molar-refractivity contribution in [3.8, 4) is 0 Å². The van der Waals surface area contributed by atoms with Gasteiger partial charge in [-0.2, -0.15) is 0 Å². The summed E-state index contributed by atoms with van der Waals surface area (Å²) in [5.41, 5.74) is 0.203. The van der Waals surface area contributed by atoms with Crippen LogP contribution < -0.4 is 5.46 Å². The van der Waals surface area contributed by atoms with Gasteiger partial charge >= 0.3 is 13.1 Å². The summed E-state index contributed by atoms with van der Waals surface area (Å²) < 4.78 is 17.9. The van der Waals surface area contributed by atoms with Crippen LogP contribution in [-0.2, 0) is 9.53 Å². The molecule has 4 nitrogen and oxygen atoms in total. The molecule has 0 fully saturated rings. The molecule has 86 valence electrons. The van der Waals surface area contributed by atoms with E-state index in [-0.39, 0.29) is 5.46 Å². The lowest BCUT2D eigenvalue weighted by molar-refractivity contribution is -0.141. The Morgan fingerprint density at radius 1 is 1.50 bits per heavy atom. The number of hydrogen-bond donors (Lipinski definition) is 2. The molecule has 0 radical (unpaired) electrons. The molecule has 1 aromatic rings. The van der Waals surface area contributed by atoms with Gasteiger partial charge in [-0.15, -0.1) is 0 Å². The molecule has 0 aliphatic carbocycles. The summed E-state index contributed by atoms with van der Waals surface area (Å²) >= 11 is 0. The first kappa shape index (κ1) is 12.7. The van der Waals surface area contributed by atoms with E-state index in [2.05, 4.69) is 4.74 Å². The Morgan fingerprint density at radius 2 is 2.12 bits per heavy atom. The maximum atomic E-state index is 13.4. The number of carbonyl (C=O) groups excluding carboxylic acids is 1. The molecule has 0 aliphatic rings. The van der Waals surface area contributed by atoms with E-state index in [0.29, 0.717) is 5.56 Å². The molecule has 6 heteroatoms. The van der Waals surface area contributed by atoms with Crippen molar-refractivity contribution in [2.75, 3.05) is 7.11 Å². The molecular weight excluding hydrogens is 214 g/mol. The van der Waals surface area contributed by atoms with Gasteiger partial charge in [-0.05, 0) is 18.6 Å². The fraction of sp³-hybridized carbons (Fsp3) is 0.300. The van der Waals surface area contributed by atoms with E-state index >= 15 is 0 Å². The molecule has 0 heterocycles. The standard InChI is InChI=1S/C10H12BFO4/c1-6(10(13)16-2)7-3-4-8(11(14)15)9(12)5-7/h3-6,14-15H,1-2H3. The molecule has 2 N–H and O–H groups in total. The maximum absolute atomic E-state index is 13.4. The van der Waals surface area contributed by atoms with Crippen molar-refractivity contribution in [1.29, 1.82) is 0 Å². The minimum absolute atomic E-state index is 0.221. The number of rotatable bonds is 3. The van der Waals surface area contributed by atoms with Gasteiger partial charge in [-0.1, -0.05) is 12.1 Å². The second-order valence-electron chi connectivity index (χ2n) is 3.40. The Labute approximate surface area is 92.8 Å². The number of ether oxygens (including phenoxy) is 1. The molecule has 0 aliphatic heterocycles. The lowest BCUT2D eigenvalue weighted by atomic mass is 9.79. The molecule has 0 bridgehead atoms. The molecule has 16 heavy (non-hydrogen) atoms. The number of esters is 1. The van der Waals surface area contributed by atoms with Crippen LogP contribution in [0.5, 0.6) is 0 Å². The summed E-state index contributed by atoms with van der Waals surface area (Å²) in [4.78, 5) is 11.2. The predicted molar refractivity (Wildman–Crippen MR) is 56.7 cm³/mol. The Hall–Kier alpha value is -1.40. The molecule has 1 atom stereocenters. The topological polar surface area (TPSA) is 66.8 Å². The highest BCUT2D eigenvalue weighted by atomic mass is 19.1. The zero-order chi connectivity index (χ0) is 12.3. The van der Waals surface area contributed by atoms with E-state index in [1.165, 1.54) is 19.2 Å². The number of benzene rings is 1. The molecule has 0 saturated heterocycles. The minimum atomic E-state index is -1.86. The fourth-order valence-corrected chi connectivity index (χ4v) is 1.33. The van der Waals surface area contributed by atoms with Gasteiger partial charge in [0.25, 0.3) is 0 Å². The summed E-state index contributed by atoms with van der Waals surface area (Å²) in [6, 6.07) is 3.78. The highest BCUT2D eigenvalue weighted by Gasteiger charge is 2.20. The van der Waals surface area contributed by atoms with Gasteiger partial charge in [0.15, 0.2) is 0 Å². The SMILES string of the molecule is COC(=O)C(C)c1ccc(B(O)O)c(F)c1. The van der Waals surface area contributed by atoms with Gasteiger partial charge < -0.3 is 14.8 Å². The van der Waals surface area contributed by atoms with Crippen molar-refractivity contribution >= 4 is 18.6 Å². The van der Waals surface area contributed by atoms with Crippen molar-refractivity contribution in [3.05, 3.63) is 29.6 Å². The van der Waals surface area contributed by atoms with Crippen LogP contribution in [0.4, 0.5) is 4.39 Å². The second kappa shape index (κ2) is 5.09. The molecule has 1 rings (SSSR count). The normalized spacial score (nSPS) is 12.1. The van der Waals surface area contributed by atoms with Gasteiger partial charge in [-0.25, -0.2) is 4.39 Å². The van der Waals surface area contributed by atoms with Crippen molar-refractivity contribution in [2.45, 2.75) is 12.8 Å². The van der Waals surface area contributed by atoms with E-state index in [1.807, 2.05) is 0 Å². The molecule has 0 spiro atoms. The smallest absolute Gasteiger partial charge is 0.469 e. The van der Waals surface area contributed by atoms with Crippen LogP contribution in [0, 0.1) is 5.82 Å². The van der Waals surface area contributed by atoms with Crippen molar-refractivity contribution in [2.24, 2.45) is 0 Å². The zero-order valence-corrected chi connectivity index (χ0v) is 8.98. The average Bonchev–Trinajstić information content (AvgIpc) is 2.26. The zero-order valence-electron chi connectivity index (χ0n) is 8.98. The summed E-state index contributed by atoms with van der Waals surface area (Å²) in [6.07, 6.45) is 0.